The van der Waals surface area contributed by atoms with Crippen molar-refractivity contribution in [2.75, 3.05) is 0 Å². The van der Waals surface area contributed by atoms with E-state index < -0.39 is 0 Å². The fraction of sp³-hybridized carbons (Fsp3) is 0.526. The van der Waals surface area contributed by atoms with E-state index in [1.165, 1.54) is 65.6 Å². The third kappa shape index (κ3) is 8.87. The third-order valence-corrected chi connectivity index (χ3v) is 9.83. The number of hydrogen-bond donors (Lipinski definition) is 1. The van der Waals surface area contributed by atoms with E-state index in [1.807, 2.05) is 47.7 Å². The van der Waals surface area contributed by atoms with Crippen molar-refractivity contribution in [3.05, 3.63) is 77.2 Å². The van der Waals surface area contributed by atoms with E-state index in [9.17, 15) is 9.90 Å². The topological polar surface area (TPSA) is 50.2 Å². The Morgan fingerprint density at radius 1 is 0.952 bits per heavy atom. The first-order chi connectivity index (χ1) is 19.5. The average molecular weight is 747 g/mol. The first-order valence-electron chi connectivity index (χ1n) is 15.8. The number of nitrogens with zero attached hydrogens (tertiary/aromatic N) is 1. The summed E-state index contributed by atoms with van der Waals surface area (Å²) in [6, 6.07) is 16.9. The number of allylic oxidation sites excluding steroid dienone is 2. The van der Waals surface area contributed by atoms with Crippen molar-refractivity contribution in [2.24, 2.45) is 16.7 Å². The van der Waals surface area contributed by atoms with Gasteiger partial charge in [-0.05, 0) is 66.1 Å². The quantitative estimate of drug-likeness (QED) is 0.128. The third-order valence-electron chi connectivity index (χ3n) is 9.83. The van der Waals surface area contributed by atoms with Gasteiger partial charge in [-0.1, -0.05) is 99.3 Å². The molecule has 3 aromatic rings. The maximum Gasteiger partial charge on any atom is 0.164 e. The predicted molar refractivity (Wildman–Crippen MR) is 174 cm³/mol. The van der Waals surface area contributed by atoms with Gasteiger partial charge in [0, 0.05) is 43.2 Å². The summed E-state index contributed by atoms with van der Waals surface area (Å²) in [5, 5.41) is 12.7. The van der Waals surface area contributed by atoms with Gasteiger partial charge >= 0.3 is 0 Å². The van der Waals surface area contributed by atoms with Gasteiger partial charge in [-0.25, -0.2) is 0 Å². The Labute approximate surface area is 269 Å². The molecule has 1 fully saturated rings. The molecule has 3 nitrogen and oxygen atoms in total. The summed E-state index contributed by atoms with van der Waals surface area (Å²) in [4.78, 5) is 16.8. The molecule has 1 saturated carbocycles. The molecule has 1 radical (unpaired) electrons. The van der Waals surface area contributed by atoms with Crippen LogP contribution in [0.2, 0.25) is 0 Å². The van der Waals surface area contributed by atoms with Crippen molar-refractivity contribution in [3.63, 3.8) is 0 Å². The summed E-state index contributed by atoms with van der Waals surface area (Å²) in [6.07, 6.45) is 13.5. The number of aromatic nitrogens is 1. The van der Waals surface area contributed by atoms with Crippen LogP contribution >= 0.6 is 0 Å². The SMILES string of the molecule is CCC(C)(CC)C(=O)/C=C(\O)C(C)(CC)CC.Cc1[c-]c(-c2nccc3cc(CC4CCCC4)ccc23)cc(C)c1.[Ir]. The zero-order chi connectivity index (χ0) is 30.2. The number of carbonyl (C=O) groups is 1. The second-order valence-electron chi connectivity index (χ2n) is 12.8. The molecule has 0 atom stereocenters. The van der Waals surface area contributed by atoms with Gasteiger partial charge in [0.25, 0.3) is 0 Å². The monoisotopic (exact) mass is 747 g/mol. The molecule has 4 rings (SSSR count). The number of rotatable bonds is 10. The smallest absolute Gasteiger partial charge is 0.164 e. The van der Waals surface area contributed by atoms with Crippen LogP contribution in [0.5, 0.6) is 0 Å². The zero-order valence-electron chi connectivity index (χ0n) is 27.2. The Balaban J connectivity index is 0.000000307. The van der Waals surface area contributed by atoms with Crippen molar-refractivity contribution in [3.8, 4) is 11.3 Å². The van der Waals surface area contributed by atoms with Crippen LogP contribution in [0.25, 0.3) is 22.0 Å². The van der Waals surface area contributed by atoms with E-state index in [1.54, 1.807) is 0 Å². The zero-order valence-corrected chi connectivity index (χ0v) is 29.6. The molecule has 42 heavy (non-hydrogen) atoms. The fourth-order valence-electron chi connectivity index (χ4n) is 5.82. The van der Waals surface area contributed by atoms with Crippen LogP contribution in [0.4, 0.5) is 0 Å². The van der Waals surface area contributed by atoms with E-state index in [2.05, 4.69) is 61.3 Å². The van der Waals surface area contributed by atoms with Crippen LogP contribution < -0.4 is 0 Å². The van der Waals surface area contributed by atoms with E-state index in [0.29, 0.717) is 0 Å². The number of aliphatic hydroxyl groups is 1. The normalized spacial score (nSPS) is 14.3. The minimum atomic E-state index is -0.337. The largest absolute Gasteiger partial charge is 0.512 e. The predicted octanol–water partition coefficient (Wildman–Crippen LogP) is 10.7. The second-order valence-corrected chi connectivity index (χ2v) is 12.8. The molecule has 231 valence electrons. The van der Waals surface area contributed by atoms with Crippen molar-refractivity contribution >= 4 is 16.6 Å². The fourth-order valence-corrected chi connectivity index (χ4v) is 5.82. The molecule has 0 saturated heterocycles. The molecule has 0 amide bonds. The van der Waals surface area contributed by atoms with Gasteiger partial charge in [-0.15, -0.1) is 34.9 Å². The number of ketones is 1. The summed E-state index contributed by atoms with van der Waals surface area (Å²) < 4.78 is 0. The number of fused-ring (bicyclic) bond motifs is 1. The molecular formula is C38H52IrNO2-. The van der Waals surface area contributed by atoms with Crippen LogP contribution in [0, 0.1) is 36.7 Å². The molecule has 1 heterocycles. The van der Waals surface area contributed by atoms with Gasteiger partial charge < -0.3 is 10.1 Å². The molecule has 2 aromatic carbocycles. The number of pyridine rings is 1. The van der Waals surface area contributed by atoms with E-state index in [0.717, 1.165) is 42.9 Å². The molecule has 0 bridgehead atoms. The first-order valence-corrected chi connectivity index (χ1v) is 15.8. The first kappa shape index (κ1) is 35.9. The van der Waals surface area contributed by atoms with Gasteiger partial charge in [-0.3, -0.25) is 4.79 Å². The molecule has 1 aromatic heterocycles. The molecule has 0 spiro atoms. The molecule has 4 heteroatoms. The van der Waals surface area contributed by atoms with Crippen molar-refractivity contribution in [2.45, 2.75) is 113 Å². The minimum absolute atomic E-state index is 0. The van der Waals surface area contributed by atoms with E-state index in [4.69, 9.17) is 0 Å². The average Bonchev–Trinajstić information content (AvgIpc) is 3.48. The summed E-state index contributed by atoms with van der Waals surface area (Å²) in [6.45, 7) is 16.3. The van der Waals surface area contributed by atoms with Gasteiger partial charge in [0.1, 0.15) is 5.76 Å². The number of aryl methyl sites for hydroxylation is 2. The summed E-state index contributed by atoms with van der Waals surface area (Å²) in [7, 11) is 0. The van der Waals surface area contributed by atoms with Crippen LogP contribution in [0.15, 0.2) is 54.4 Å². The summed E-state index contributed by atoms with van der Waals surface area (Å²) in [5.74, 6) is 1.17. The van der Waals surface area contributed by atoms with E-state index in [-0.39, 0.29) is 42.5 Å². The van der Waals surface area contributed by atoms with Crippen LogP contribution in [-0.2, 0) is 31.3 Å². The number of carbonyl (C=O) groups excluding carboxylic acids is 1. The molecule has 1 aliphatic rings. The Morgan fingerprint density at radius 2 is 1.57 bits per heavy atom. The Kier molecular flexibility index (Phi) is 13.7. The van der Waals surface area contributed by atoms with E-state index >= 15 is 0 Å². The van der Waals surface area contributed by atoms with Gasteiger partial charge in [-0.2, -0.15) is 0 Å². The van der Waals surface area contributed by atoms with Crippen molar-refractivity contribution in [1.29, 1.82) is 0 Å². The molecule has 0 unspecified atom stereocenters. The number of aliphatic hydroxyl groups excluding tert-OH is 1. The molecular weight excluding hydrogens is 695 g/mol. The molecule has 1 N–H and O–H groups in total. The molecule has 1 aliphatic carbocycles. The number of benzene rings is 2. The summed E-state index contributed by atoms with van der Waals surface area (Å²) >= 11 is 0. The second kappa shape index (κ2) is 16.0. The maximum absolute atomic E-state index is 12.2. The van der Waals surface area contributed by atoms with Crippen LogP contribution in [-0.4, -0.2) is 15.9 Å². The molecule has 0 aliphatic heterocycles. The Hall–Kier alpha value is -2.29. The van der Waals surface area contributed by atoms with Gasteiger partial charge in [0.15, 0.2) is 5.78 Å². The Bertz CT molecular complexity index is 1320. The maximum atomic E-state index is 12.2. The van der Waals surface area contributed by atoms with Gasteiger partial charge in [0.2, 0.25) is 0 Å². The minimum Gasteiger partial charge on any atom is -0.512 e. The van der Waals surface area contributed by atoms with Crippen LogP contribution in [0.1, 0.15) is 110 Å². The number of hydrogen-bond acceptors (Lipinski definition) is 3. The standard InChI is InChI=1S/C23H24N.C15H28O2.Ir/c1-16-11-17(2)13-21(12-16)23-22-8-7-19(14-18-5-3-4-6-18)15-20(22)9-10-24-23;1-7-14(5,8-2)12(16)11-13(17)15(6,9-3)10-4;/h7-12,15,18H,3-6,14H2,1-2H3;11,16H,7-10H2,1-6H3;/q-1;;/b;12-11-;. The van der Waals surface area contributed by atoms with Crippen molar-refractivity contribution in [1.82, 2.24) is 4.98 Å². The van der Waals surface area contributed by atoms with Crippen LogP contribution in [0.3, 0.4) is 0 Å². The Morgan fingerprint density at radius 3 is 2.14 bits per heavy atom. The van der Waals surface area contributed by atoms with Crippen molar-refractivity contribution < 1.29 is 30.0 Å². The van der Waals surface area contributed by atoms with Gasteiger partial charge in [0.05, 0.1) is 0 Å². The summed E-state index contributed by atoms with van der Waals surface area (Å²) in [5.41, 5.74) is 5.44.